The first-order valence-electron chi connectivity index (χ1n) is 9.59. The van der Waals surface area contributed by atoms with Crippen molar-refractivity contribution < 1.29 is 28.5 Å². The lowest BCUT2D eigenvalue weighted by Gasteiger charge is -2.17. The van der Waals surface area contributed by atoms with Crippen LogP contribution < -0.4 is 24.3 Å². The quantitative estimate of drug-likeness (QED) is 0.541. The fraction of sp³-hybridized carbons (Fsp3) is 0.429. The number of amides is 1. The first-order valence-corrected chi connectivity index (χ1v) is 9.59. The molecule has 158 valence electrons. The van der Waals surface area contributed by atoms with Gasteiger partial charge in [-0.3, -0.25) is 4.79 Å². The van der Waals surface area contributed by atoms with Crippen molar-refractivity contribution in [3.05, 3.63) is 36.0 Å². The van der Waals surface area contributed by atoms with Gasteiger partial charge in [-0.15, -0.1) is 0 Å². The highest BCUT2D eigenvalue weighted by Gasteiger charge is 2.19. The highest BCUT2D eigenvalue weighted by Crippen LogP contribution is 2.39. The van der Waals surface area contributed by atoms with Crippen molar-refractivity contribution in [3.63, 3.8) is 0 Å². The molecule has 1 amide bonds. The number of rotatable bonds is 12. The standard InChI is InChI=1S/C21H28N2O6/c1-5-26-17-13-15(14-18(27-6-2)19(17)28-7-3)20(24)23-16-9-8-10-22-21(16)29-12-11-25-4/h8-10,13-14H,5-7,11-12H2,1-4H3,(H,23,24). The lowest BCUT2D eigenvalue weighted by atomic mass is 10.1. The van der Waals surface area contributed by atoms with E-state index in [1.165, 1.54) is 0 Å². The largest absolute Gasteiger partial charge is 0.490 e. The van der Waals surface area contributed by atoms with Crippen LogP contribution >= 0.6 is 0 Å². The van der Waals surface area contributed by atoms with Gasteiger partial charge in [-0.2, -0.15) is 0 Å². The van der Waals surface area contributed by atoms with Gasteiger partial charge in [0.2, 0.25) is 11.6 Å². The van der Waals surface area contributed by atoms with Crippen LogP contribution in [0.25, 0.3) is 0 Å². The summed E-state index contributed by atoms with van der Waals surface area (Å²) in [5.41, 5.74) is 0.824. The normalized spacial score (nSPS) is 10.3. The number of hydrogen-bond acceptors (Lipinski definition) is 7. The van der Waals surface area contributed by atoms with E-state index in [1.54, 1.807) is 37.6 Å². The summed E-state index contributed by atoms with van der Waals surface area (Å²) in [7, 11) is 1.59. The maximum atomic E-state index is 12.9. The second-order valence-electron chi connectivity index (χ2n) is 5.75. The molecule has 0 unspecified atom stereocenters. The number of ether oxygens (including phenoxy) is 5. The van der Waals surface area contributed by atoms with Crippen molar-refractivity contribution in [2.45, 2.75) is 20.8 Å². The van der Waals surface area contributed by atoms with Crippen molar-refractivity contribution in [3.8, 4) is 23.1 Å². The number of benzene rings is 1. The van der Waals surface area contributed by atoms with Gasteiger partial charge >= 0.3 is 0 Å². The van der Waals surface area contributed by atoms with Crippen molar-refractivity contribution in [2.75, 3.05) is 45.5 Å². The zero-order valence-corrected chi connectivity index (χ0v) is 17.3. The molecule has 8 nitrogen and oxygen atoms in total. The van der Waals surface area contributed by atoms with Crippen molar-refractivity contribution in [1.82, 2.24) is 4.98 Å². The molecule has 1 N–H and O–H groups in total. The topological polar surface area (TPSA) is 88.1 Å². The third-order valence-electron chi connectivity index (χ3n) is 3.72. The van der Waals surface area contributed by atoms with Gasteiger partial charge in [0.05, 0.1) is 26.4 Å². The Kier molecular flexibility index (Phi) is 9.04. The van der Waals surface area contributed by atoms with Gasteiger partial charge in [-0.05, 0) is 45.0 Å². The van der Waals surface area contributed by atoms with Gasteiger partial charge in [-0.1, -0.05) is 0 Å². The van der Waals surface area contributed by atoms with Crippen LogP contribution in [0.3, 0.4) is 0 Å². The molecule has 29 heavy (non-hydrogen) atoms. The Morgan fingerprint density at radius 3 is 2.21 bits per heavy atom. The van der Waals surface area contributed by atoms with Gasteiger partial charge in [0.25, 0.3) is 5.91 Å². The van der Waals surface area contributed by atoms with Crippen LogP contribution in [0.1, 0.15) is 31.1 Å². The summed E-state index contributed by atoms with van der Waals surface area (Å²) in [6.07, 6.45) is 1.59. The zero-order chi connectivity index (χ0) is 21.1. The van der Waals surface area contributed by atoms with Crippen LogP contribution in [-0.2, 0) is 4.74 Å². The molecular weight excluding hydrogens is 376 g/mol. The summed E-state index contributed by atoms with van der Waals surface area (Å²) in [6.45, 7) is 7.64. The summed E-state index contributed by atoms with van der Waals surface area (Å²) in [6, 6.07) is 6.70. The van der Waals surface area contributed by atoms with Gasteiger partial charge in [0, 0.05) is 18.9 Å². The molecule has 0 radical (unpaired) electrons. The molecule has 2 rings (SSSR count). The predicted octanol–water partition coefficient (Wildman–Crippen LogP) is 3.56. The highest BCUT2D eigenvalue weighted by molar-refractivity contribution is 6.05. The summed E-state index contributed by atoms with van der Waals surface area (Å²) in [4.78, 5) is 17.1. The van der Waals surface area contributed by atoms with E-state index in [0.717, 1.165) is 0 Å². The molecule has 0 aliphatic heterocycles. The maximum absolute atomic E-state index is 12.9. The number of hydrogen-bond donors (Lipinski definition) is 1. The predicted molar refractivity (Wildman–Crippen MR) is 110 cm³/mol. The second kappa shape index (κ2) is 11.8. The minimum atomic E-state index is -0.348. The second-order valence-corrected chi connectivity index (χ2v) is 5.75. The van der Waals surface area contributed by atoms with Crippen LogP contribution in [-0.4, -0.2) is 51.0 Å². The molecule has 0 saturated heterocycles. The number of nitrogens with zero attached hydrogens (tertiary/aromatic N) is 1. The summed E-state index contributed by atoms with van der Waals surface area (Å²) in [5.74, 6) is 1.36. The third kappa shape index (κ3) is 6.25. The van der Waals surface area contributed by atoms with E-state index in [-0.39, 0.29) is 5.91 Å². The van der Waals surface area contributed by atoms with Gasteiger partial charge < -0.3 is 29.0 Å². The van der Waals surface area contributed by atoms with Gasteiger partial charge in [-0.25, -0.2) is 4.98 Å². The van der Waals surface area contributed by atoms with Crippen LogP contribution in [0.4, 0.5) is 5.69 Å². The number of anilines is 1. The molecule has 0 aliphatic rings. The van der Waals surface area contributed by atoms with Crippen molar-refractivity contribution in [2.24, 2.45) is 0 Å². The monoisotopic (exact) mass is 404 g/mol. The Morgan fingerprint density at radius 2 is 1.62 bits per heavy atom. The lowest BCUT2D eigenvalue weighted by Crippen LogP contribution is -2.15. The smallest absolute Gasteiger partial charge is 0.256 e. The molecule has 0 atom stereocenters. The molecule has 0 bridgehead atoms. The lowest BCUT2D eigenvalue weighted by molar-refractivity contribution is 0.102. The fourth-order valence-electron chi connectivity index (χ4n) is 2.54. The number of carbonyl (C=O) groups excluding carboxylic acids is 1. The average Bonchev–Trinajstić information content (AvgIpc) is 2.72. The minimum Gasteiger partial charge on any atom is -0.490 e. The van der Waals surface area contributed by atoms with Gasteiger partial charge in [0.1, 0.15) is 12.3 Å². The number of carbonyl (C=O) groups is 1. The van der Waals surface area contributed by atoms with E-state index in [2.05, 4.69) is 10.3 Å². The van der Waals surface area contributed by atoms with Gasteiger partial charge in [0.15, 0.2) is 11.5 Å². The number of aromatic nitrogens is 1. The van der Waals surface area contributed by atoms with E-state index in [1.807, 2.05) is 20.8 Å². The van der Waals surface area contributed by atoms with E-state index in [0.29, 0.717) is 67.4 Å². The maximum Gasteiger partial charge on any atom is 0.256 e. The van der Waals surface area contributed by atoms with E-state index < -0.39 is 0 Å². The van der Waals surface area contributed by atoms with Crippen LogP contribution in [0.15, 0.2) is 30.5 Å². The first-order chi connectivity index (χ1) is 14.1. The number of methoxy groups -OCH3 is 1. The molecule has 8 heteroatoms. The summed E-state index contributed by atoms with van der Waals surface area (Å²) in [5, 5.41) is 2.82. The third-order valence-corrected chi connectivity index (χ3v) is 3.72. The Hall–Kier alpha value is -3.00. The zero-order valence-electron chi connectivity index (χ0n) is 17.3. The first kappa shape index (κ1) is 22.3. The van der Waals surface area contributed by atoms with E-state index >= 15 is 0 Å². The molecule has 2 aromatic rings. The van der Waals surface area contributed by atoms with Crippen molar-refractivity contribution >= 4 is 11.6 Å². The summed E-state index contributed by atoms with van der Waals surface area (Å²) >= 11 is 0. The summed E-state index contributed by atoms with van der Waals surface area (Å²) < 4.78 is 27.6. The Bertz CT molecular complexity index is 769. The Labute approximate surface area is 171 Å². The van der Waals surface area contributed by atoms with Crippen LogP contribution in [0.2, 0.25) is 0 Å². The number of nitrogens with one attached hydrogen (secondary N) is 1. The SMILES string of the molecule is CCOc1cc(C(=O)Nc2cccnc2OCCOC)cc(OCC)c1OCC. The molecule has 1 aromatic carbocycles. The fourth-order valence-corrected chi connectivity index (χ4v) is 2.54. The van der Waals surface area contributed by atoms with Crippen molar-refractivity contribution in [1.29, 1.82) is 0 Å². The van der Waals surface area contributed by atoms with E-state index in [9.17, 15) is 4.79 Å². The molecule has 1 heterocycles. The Balaban J connectivity index is 2.30. The molecule has 0 aliphatic carbocycles. The molecule has 0 fully saturated rings. The number of pyridine rings is 1. The molecule has 0 saturated carbocycles. The minimum absolute atomic E-state index is 0.318. The average molecular weight is 404 g/mol. The van der Waals surface area contributed by atoms with E-state index in [4.69, 9.17) is 23.7 Å². The molecule has 1 aromatic heterocycles. The Morgan fingerprint density at radius 1 is 0.966 bits per heavy atom. The van der Waals surface area contributed by atoms with Crippen LogP contribution in [0, 0.1) is 0 Å². The van der Waals surface area contributed by atoms with Crippen LogP contribution in [0.5, 0.6) is 23.1 Å². The highest BCUT2D eigenvalue weighted by atomic mass is 16.5. The molecule has 0 spiro atoms. The molecular formula is C21H28N2O6.